The zero-order valence-corrected chi connectivity index (χ0v) is 10.4. The minimum absolute atomic E-state index is 0.243. The van der Waals surface area contributed by atoms with Crippen molar-refractivity contribution in [1.82, 2.24) is 10.2 Å². The SMILES string of the molecule is CC(=O)N1CCCC1CNC1CCCCC1. The third kappa shape index (κ3) is 2.97. The second-order valence-corrected chi connectivity index (χ2v) is 5.25. The Labute approximate surface area is 98.6 Å². The standard InChI is InChI=1S/C13H24N2O/c1-11(16)15-9-5-8-13(15)10-14-12-6-3-2-4-7-12/h12-14H,2-10H2,1H3. The lowest BCUT2D eigenvalue weighted by Crippen LogP contribution is -2.44. The fraction of sp³-hybridized carbons (Fsp3) is 0.923. The Bertz CT molecular complexity index is 236. The number of nitrogens with zero attached hydrogens (tertiary/aromatic N) is 1. The van der Waals surface area contributed by atoms with Crippen LogP contribution in [0.25, 0.3) is 0 Å². The summed E-state index contributed by atoms with van der Waals surface area (Å²) in [7, 11) is 0. The van der Waals surface area contributed by atoms with Crippen molar-refractivity contribution in [2.75, 3.05) is 13.1 Å². The predicted octanol–water partition coefficient (Wildman–Crippen LogP) is 1.92. The van der Waals surface area contributed by atoms with E-state index in [1.54, 1.807) is 6.92 Å². The van der Waals surface area contributed by atoms with Crippen LogP contribution in [0.15, 0.2) is 0 Å². The van der Waals surface area contributed by atoms with Crippen molar-refractivity contribution < 1.29 is 4.79 Å². The lowest BCUT2D eigenvalue weighted by molar-refractivity contribution is -0.129. The molecule has 3 heteroatoms. The van der Waals surface area contributed by atoms with E-state index in [2.05, 4.69) is 5.32 Å². The lowest BCUT2D eigenvalue weighted by atomic mass is 9.95. The highest BCUT2D eigenvalue weighted by Gasteiger charge is 2.26. The molecule has 2 aliphatic rings. The Morgan fingerprint density at radius 1 is 1.19 bits per heavy atom. The molecule has 3 nitrogen and oxygen atoms in total. The zero-order chi connectivity index (χ0) is 11.4. The number of rotatable bonds is 3. The van der Waals surface area contributed by atoms with Crippen molar-refractivity contribution in [1.29, 1.82) is 0 Å². The molecule has 2 fully saturated rings. The molecule has 1 aliphatic heterocycles. The predicted molar refractivity (Wildman–Crippen MR) is 65.3 cm³/mol. The molecule has 1 unspecified atom stereocenters. The molecule has 92 valence electrons. The third-order valence-corrected chi connectivity index (χ3v) is 4.03. The van der Waals surface area contributed by atoms with Gasteiger partial charge in [0.15, 0.2) is 0 Å². The van der Waals surface area contributed by atoms with Crippen LogP contribution in [0.1, 0.15) is 51.9 Å². The van der Waals surface area contributed by atoms with Crippen LogP contribution in [0.4, 0.5) is 0 Å². The number of nitrogens with one attached hydrogen (secondary N) is 1. The van der Waals surface area contributed by atoms with E-state index in [-0.39, 0.29) is 5.91 Å². The average Bonchev–Trinajstić information content (AvgIpc) is 2.76. The van der Waals surface area contributed by atoms with Crippen molar-refractivity contribution in [2.45, 2.75) is 64.0 Å². The minimum Gasteiger partial charge on any atom is -0.339 e. The van der Waals surface area contributed by atoms with Crippen LogP contribution >= 0.6 is 0 Å². The summed E-state index contributed by atoms with van der Waals surface area (Å²) in [6, 6.07) is 1.17. The van der Waals surface area contributed by atoms with Crippen LogP contribution in [0.3, 0.4) is 0 Å². The van der Waals surface area contributed by atoms with Crippen LogP contribution in [0.2, 0.25) is 0 Å². The average molecular weight is 224 g/mol. The van der Waals surface area contributed by atoms with Crippen molar-refractivity contribution in [2.24, 2.45) is 0 Å². The van der Waals surface area contributed by atoms with E-state index in [1.807, 2.05) is 4.90 Å². The molecule has 0 aromatic rings. The first-order chi connectivity index (χ1) is 7.77. The second-order valence-electron chi connectivity index (χ2n) is 5.25. The van der Waals surface area contributed by atoms with Gasteiger partial charge in [0.2, 0.25) is 5.91 Å². The van der Waals surface area contributed by atoms with E-state index in [1.165, 1.54) is 44.9 Å². The molecular weight excluding hydrogens is 200 g/mol. The molecule has 1 saturated heterocycles. The van der Waals surface area contributed by atoms with Crippen LogP contribution in [-0.2, 0) is 4.79 Å². The molecule has 1 aliphatic carbocycles. The Kier molecular flexibility index (Phi) is 4.22. The molecule has 1 amide bonds. The highest BCUT2D eigenvalue weighted by molar-refractivity contribution is 5.73. The number of carbonyl (C=O) groups is 1. The van der Waals surface area contributed by atoms with Gasteiger partial charge in [0.25, 0.3) is 0 Å². The monoisotopic (exact) mass is 224 g/mol. The summed E-state index contributed by atoms with van der Waals surface area (Å²) in [5.74, 6) is 0.243. The zero-order valence-electron chi connectivity index (χ0n) is 10.4. The van der Waals surface area contributed by atoms with Crippen molar-refractivity contribution in [3.63, 3.8) is 0 Å². The van der Waals surface area contributed by atoms with Crippen molar-refractivity contribution in [3.05, 3.63) is 0 Å². The molecule has 1 saturated carbocycles. The molecule has 2 rings (SSSR count). The first-order valence-electron chi connectivity index (χ1n) is 6.78. The normalized spacial score (nSPS) is 27.3. The van der Waals surface area contributed by atoms with Crippen molar-refractivity contribution >= 4 is 5.91 Å². The Morgan fingerprint density at radius 3 is 2.62 bits per heavy atom. The molecule has 16 heavy (non-hydrogen) atoms. The maximum Gasteiger partial charge on any atom is 0.219 e. The summed E-state index contributed by atoms with van der Waals surface area (Å²) in [5, 5.41) is 3.65. The first-order valence-corrected chi connectivity index (χ1v) is 6.78. The van der Waals surface area contributed by atoms with Crippen LogP contribution < -0.4 is 5.32 Å². The third-order valence-electron chi connectivity index (χ3n) is 4.03. The van der Waals surface area contributed by atoms with Crippen LogP contribution in [0, 0.1) is 0 Å². The van der Waals surface area contributed by atoms with Gasteiger partial charge in [0.05, 0.1) is 0 Å². The second kappa shape index (κ2) is 5.67. The molecule has 1 heterocycles. The van der Waals surface area contributed by atoms with E-state index in [0.29, 0.717) is 12.1 Å². The van der Waals surface area contributed by atoms with Gasteiger partial charge in [0, 0.05) is 32.1 Å². The van der Waals surface area contributed by atoms with Gasteiger partial charge < -0.3 is 10.2 Å². The van der Waals surface area contributed by atoms with Gasteiger partial charge >= 0.3 is 0 Å². The fourth-order valence-corrected chi connectivity index (χ4v) is 3.07. The summed E-state index contributed by atoms with van der Waals surface area (Å²) >= 11 is 0. The number of likely N-dealkylation sites (tertiary alicyclic amines) is 1. The van der Waals surface area contributed by atoms with E-state index >= 15 is 0 Å². The lowest BCUT2D eigenvalue weighted by Gasteiger charge is -2.28. The first kappa shape index (κ1) is 11.9. The molecule has 0 bridgehead atoms. The van der Waals surface area contributed by atoms with E-state index in [9.17, 15) is 4.79 Å². The van der Waals surface area contributed by atoms with E-state index in [0.717, 1.165) is 13.1 Å². The molecule has 1 atom stereocenters. The van der Waals surface area contributed by atoms with E-state index in [4.69, 9.17) is 0 Å². The minimum atomic E-state index is 0.243. The number of hydrogen-bond acceptors (Lipinski definition) is 2. The van der Waals surface area contributed by atoms with Gasteiger partial charge in [0.1, 0.15) is 0 Å². The largest absolute Gasteiger partial charge is 0.339 e. The van der Waals surface area contributed by atoms with Crippen LogP contribution in [-0.4, -0.2) is 36.0 Å². The van der Waals surface area contributed by atoms with Gasteiger partial charge in [-0.3, -0.25) is 4.79 Å². The van der Waals surface area contributed by atoms with Gasteiger partial charge in [-0.15, -0.1) is 0 Å². The van der Waals surface area contributed by atoms with Crippen LogP contribution in [0.5, 0.6) is 0 Å². The Balaban J connectivity index is 1.73. The summed E-state index contributed by atoms with van der Waals surface area (Å²) in [5.41, 5.74) is 0. The quantitative estimate of drug-likeness (QED) is 0.794. The Morgan fingerprint density at radius 2 is 1.94 bits per heavy atom. The number of hydrogen-bond donors (Lipinski definition) is 1. The maximum absolute atomic E-state index is 11.4. The van der Waals surface area contributed by atoms with Gasteiger partial charge in [-0.2, -0.15) is 0 Å². The van der Waals surface area contributed by atoms with Gasteiger partial charge in [-0.05, 0) is 25.7 Å². The molecule has 0 radical (unpaired) electrons. The summed E-state index contributed by atoms with van der Waals surface area (Å²) in [4.78, 5) is 13.4. The van der Waals surface area contributed by atoms with E-state index < -0.39 is 0 Å². The summed E-state index contributed by atoms with van der Waals surface area (Å²) < 4.78 is 0. The highest BCUT2D eigenvalue weighted by atomic mass is 16.2. The molecular formula is C13H24N2O. The van der Waals surface area contributed by atoms with Crippen molar-refractivity contribution in [3.8, 4) is 0 Å². The number of carbonyl (C=O) groups excluding carboxylic acids is 1. The maximum atomic E-state index is 11.4. The fourth-order valence-electron chi connectivity index (χ4n) is 3.07. The van der Waals surface area contributed by atoms with Gasteiger partial charge in [-0.1, -0.05) is 19.3 Å². The molecule has 0 aromatic heterocycles. The topological polar surface area (TPSA) is 32.3 Å². The number of amides is 1. The summed E-state index contributed by atoms with van der Waals surface area (Å²) in [6.45, 7) is 3.66. The molecule has 0 spiro atoms. The smallest absolute Gasteiger partial charge is 0.219 e. The Hall–Kier alpha value is -0.570. The molecule has 0 aromatic carbocycles. The highest BCUT2D eigenvalue weighted by Crippen LogP contribution is 2.20. The van der Waals surface area contributed by atoms with Gasteiger partial charge in [-0.25, -0.2) is 0 Å². The molecule has 1 N–H and O–H groups in total. The summed E-state index contributed by atoms with van der Waals surface area (Å²) in [6.07, 6.45) is 9.16.